The second-order valence-electron chi connectivity index (χ2n) is 5.02. The fourth-order valence-corrected chi connectivity index (χ4v) is 2.16. The minimum atomic E-state index is -3.41. The van der Waals surface area contributed by atoms with Gasteiger partial charge >= 0.3 is 0 Å². The average Bonchev–Trinajstić information content (AvgIpc) is 2.38. The molecule has 20 heavy (non-hydrogen) atoms. The van der Waals surface area contributed by atoms with Crippen LogP contribution in [0.4, 0.5) is 5.69 Å². The number of aromatic hydroxyl groups is 1. The van der Waals surface area contributed by atoms with Crippen molar-refractivity contribution in [1.29, 1.82) is 0 Å². The largest absolute Gasteiger partial charge is 0.506 e. The summed E-state index contributed by atoms with van der Waals surface area (Å²) in [6.45, 7) is 3.70. The van der Waals surface area contributed by atoms with E-state index in [1.165, 1.54) is 18.2 Å². The molecule has 6 nitrogen and oxygen atoms in total. The van der Waals surface area contributed by atoms with Gasteiger partial charge in [0.2, 0.25) is 5.91 Å². The molecule has 0 fully saturated rings. The predicted molar refractivity (Wildman–Crippen MR) is 77.3 cm³/mol. The summed E-state index contributed by atoms with van der Waals surface area (Å²) in [5, 5.41) is 12.3. The SMILES string of the molecule is CCC(C)(CN)C(=O)Nc1cc(S(C)(=O)=O)ccc1O. The zero-order valence-electron chi connectivity index (χ0n) is 11.8. The van der Waals surface area contributed by atoms with Crippen LogP contribution in [0.1, 0.15) is 20.3 Å². The predicted octanol–water partition coefficient (Wildman–Crippen LogP) is 1.11. The highest BCUT2D eigenvalue weighted by Gasteiger charge is 2.30. The van der Waals surface area contributed by atoms with Gasteiger partial charge < -0.3 is 16.2 Å². The Hall–Kier alpha value is -1.60. The van der Waals surface area contributed by atoms with Gasteiger partial charge in [-0.05, 0) is 31.5 Å². The van der Waals surface area contributed by atoms with Gasteiger partial charge in [0.05, 0.1) is 16.0 Å². The topological polar surface area (TPSA) is 109 Å². The fraction of sp³-hybridized carbons (Fsp3) is 0.462. The molecule has 0 saturated carbocycles. The molecule has 0 radical (unpaired) electrons. The van der Waals surface area contributed by atoms with Crippen molar-refractivity contribution in [3.8, 4) is 5.75 Å². The van der Waals surface area contributed by atoms with Crippen LogP contribution in [-0.2, 0) is 14.6 Å². The zero-order valence-corrected chi connectivity index (χ0v) is 12.6. The monoisotopic (exact) mass is 300 g/mol. The standard InChI is InChI=1S/C13H20N2O4S/c1-4-13(2,8-14)12(17)15-10-7-9(20(3,18)19)5-6-11(10)16/h5-7,16H,4,8,14H2,1-3H3,(H,15,17). The second kappa shape index (κ2) is 5.80. The molecule has 1 aromatic rings. The lowest BCUT2D eigenvalue weighted by atomic mass is 9.86. The van der Waals surface area contributed by atoms with Crippen LogP contribution in [0.2, 0.25) is 0 Å². The lowest BCUT2D eigenvalue weighted by Gasteiger charge is -2.25. The number of hydrogen-bond donors (Lipinski definition) is 3. The fourth-order valence-electron chi connectivity index (χ4n) is 1.52. The quantitative estimate of drug-likeness (QED) is 0.706. The van der Waals surface area contributed by atoms with E-state index in [0.29, 0.717) is 6.42 Å². The molecule has 0 aliphatic heterocycles. The molecule has 1 unspecified atom stereocenters. The lowest BCUT2D eigenvalue weighted by Crippen LogP contribution is -2.39. The molecule has 0 bridgehead atoms. The number of sulfone groups is 1. The third-order valence-electron chi connectivity index (χ3n) is 3.42. The number of rotatable bonds is 5. The molecule has 1 rings (SSSR count). The Kier molecular flexibility index (Phi) is 4.77. The molecule has 0 spiro atoms. The first-order valence-electron chi connectivity index (χ1n) is 6.18. The molecular weight excluding hydrogens is 280 g/mol. The summed E-state index contributed by atoms with van der Waals surface area (Å²) in [5.74, 6) is -0.551. The number of hydrogen-bond acceptors (Lipinski definition) is 5. The van der Waals surface area contributed by atoms with Gasteiger partial charge in [0.1, 0.15) is 5.75 Å². The number of amides is 1. The van der Waals surface area contributed by atoms with E-state index in [9.17, 15) is 18.3 Å². The van der Waals surface area contributed by atoms with Gasteiger partial charge in [-0.1, -0.05) is 6.92 Å². The van der Waals surface area contributed by atoms with Crippen LogP contribution in [0.3, 0.4) is 0 Å². The Labute approximate surface area is 118 Å². The van der Waals surface area contributed by atoms with Gasteiger partial charge in [-0.15, -0.1) is 0 Å². The van der Waals surface area contributed by atoms with Crippen LogP contribution in [-0.4, -0.2) is 32.2 Å². The van der Waals surface area contributed by atoms with E-state index in [4.69, 9.17) is 5.73 Å². The highest BCUT2D eigenvalue weighted by atomic mass is 32.2. The maximum atomic E-state index is 12.2. The number of benzene rings is 1. The minimum Gasteiger partial charge on any atom is -0.506 e. The smallest absolute Gasteiger partial charge is 0.231 e. The first kappa shape index (κ1) is 16.5. The Balaban J connectivity index is 3.13. The maximum absolute atomic E-state index is 12.2. The Morgan fingerprint density at radius 3 is 2.50 bits per heavy atom. The van der Waals surface area contributed by atoms with Crippen molar-refractivity contribution in [2.75, 3.05) is 18.1 Å². The summed E-state index contributed by atoms with van der Waals surface area (Å²) in [6.07, 6.45) is 1.59. The summed E-state index contributed by atoms with van der Waals surface area (Å²) < 4.78 is 23.0. The molecule has 0 heterocycles. The van der Waals surface area contributed by atoms with Crippen molar-refractivity contribution < 1.29 is 18.3 Å². The summed E-state index contributed by atoms with van der Waals surface area (Å²) in [6, 6.07) is 3.75. The van der Waals surface area contributed by atoms with E-state index in [1.54, 1.807) is 6.92 Å². The molecule has 1 aromatic carbocycles. The van der Waals surface area contributed by atoms with E-state index in [-0.39, 0.29) is 28.8 Å². The van der Waals surface area contributed by atoms with E-state index in [0.717, 1.165) is 6.26 Å². The van der Waals surface area contributed by atoms with E-state index in [2.05, 4.69) is 5.32 Å². The second-order valence-corrected chi connectivity index (χ2v) is 7.04. The molecule has 0 aromatic heterocycles. The number of nitrogens with one attached hydrogen (secondary N) is 1. The first-order valence-corrected chi connectivity index (χ1v) is 8.08. The zero-order chi connectivity index (χ0) is 15.6. The summed E-state index contributed by atoms with van der Waals surface area (Å²) in [7, 11) is -3.41. The number of carbonyl (C=O) groups is 1. The van der Waals surface area contributed by atoms with Crippen LogP contribution in [0.15, 0.2) is 23.1 Å². The van der Waals surface area contributed by atoms with Gasteiger partial charge in [0, 0.05) is 12.8 Å². The Morgan fingerprint density at radius 1 is 1.45 bits per heavy atom. The molecule has 0 saturated heterocycles. The molecule has 112 valence electrons. The van der Waals surface area contributed by atoms with Crippen molar-refractivity contribution in [2.24, 2.45) is 11.1 Å². The van der Waals surface area contributed by atoms with Gasteiger partial charge in [-0.25, -0.2) is 8.42 Å². The minimum absolute atomic E-state index is 0.0246. The molecular formula is C13H20N2O4S. The van der Waals surface area contributed by atoms with Crippen LogP contribution >= 0.6 is 0 Å². The van der Waals surface area contributed by atoms with E-state index >= 15 is 0 Å². The molecule has 1 amide bonds. The molecule has 0 aliphatic carbocycles. The molecule has 7 heteroatoms. The van der Waals surface area contributed by atoms with Gasteiger partial charge in [-0.3, -0.25) is 4.79 Å². The molecule has 0 aliphatic rings. The van der Waals surface area contributed by atoms with E-state index < -0.39 is 15.3 Å². The first-order chi connectivity index (χ1) is 9.14. The number of carbonyl (C=O) groups excluding carboxylic acids is 1. The normalized spacial score (nSPS) is 14.6. The highest BCUT2D eigenvalue weighted by molar-refractivity contribution is 7.90. The van der Waals surface area contributed by atoms with Crippen LogP contribution in [0.5, 0.6) is 5.75 Å². The number of phenols is 1. The Morgan fingerprint density at radius 2 is 2.05 bits per heavy atom. The Bertz CT molecular complexity index is 607. The van der Waals surface area contributed by atoms with Crippen LogP contribution < -0.4 is 11.1 Å². The third kappa shape index (κ3) is 3.49. The van der Waals surface area contributed by atoms with Crippen molar-refractivity contribution >= 4 is 21.4 Å². The van der Waals surface area contributed by atoms with Gasteiger partial charge in [-0.2, -0.15) is 0 Å². The van der Waals surface area contributed by atoms with Crippen LogP contribution in [0.25, 0.3) is 0 Å². The number of phenolic OH excluding ortho intramolecular Hbond substituents is 1. The molecule has 1 atom stereocenters. The van der Waals surface area contributed by atoms with Crippen molar-refractivity contribution in [3.05, 3.63) is 18.2 Å². The van der Waals surface area contributed by atoms with Crippen molar-refractivity contribution in [1.82, 2.24) is 0 Å². The lowest BCUT2D eigenvalue weighted by molar-refractivity contribution is -0.124. The highest BCUT2D eigenvalue weighted by Crippen LogP contribution is 2.29. The summed E-state index contributed by atoms with van der Waals surface area (Å²) in [4.78, 5) is 12.2. The van der Waals surface area contributed by atoms with Gasteiger partial charge in [0.15, 0.2) is 9.84 Å². The number of anilines is 1. The average molecular weight is 300 g/mol. The number of nitrogens with two attached hydrogens (primary N) is 1. The van der Waals surface area contributed by atoms with Gasteiger partial charge in [0.25, 0.3) is 0 Å². The third-order valence-corrected chi connectivity index (χ3v) is 4.53. The molecule has 4 N–H and O–H groups in total. The van der Waals surface area contributed by atoms with Crippen molar-refractivity contribution in [3.63, 3.8) is 0 Å². The van der Waals surface area contributed by atoms with Crippen molar-refractivity contribution in [2.45, 2.75) is 25.2 Å². The van der Waals surface area contributed by atoms with Crippen LogP contribution in [0, 0.1) is 5.41 Å². The maximum Gasteiger partial charge on any atom is 0.231 e. The summed E-state index contributed by atoms with van der Waals surface area (Å²) in [5.41, 5.74) is 4.88. The summed E-state index contributed by atoms with van der Waals surface area (Å²) >= 11 is 0. The van der Waals surface area contributed by atoms with E-state index in [1.807, 2.05) is 6.92 Å².